The number of nitrogens with zero attached hydrogens (tertiary/aromatic N) is 2. The Morgan fingerprint density at radius 2 is 1.67 bits per heavy atom. The molecule has 2 amide bonds. The van der Waals surface area contributed by atoms with Crippen molar-refractivity contribution >= 4 is 40.9 Å². The van der Waals surface area contributed by atoms with Crippen LogP contribution in [0.1, 0.15) is 27.6 Å². The number of carboxylic acids is 1. The molecule has 0 spiro atoms. The Morgan fingerprint density at radius 1 is 1.03 bits per heavy atom. The molecule has 2 N–H and O–H groups in total. The highest BCUT2D eigenvalue weighted by Crippen LogP contribution is 2.29. The number of hydrogen-bond donors (Lipinski definition) is 2. The van der Waals surface area contributed by atoms with Crippen molar-refractivity contribution in [2.45, 2.75) is 6.92 Å². The molecule has 1 aliphatic heterocycles. The highest BCUT2D eigenvalue weighted by molar-refractivity contribution is 6.30. The second-order valence-corrected chi connectivity index (χ2v) is 7.11. The molecular weight excluding hydrogens is 410 g/mol. The minimum Gasteiger partial charge on any atom is -0.478 e. The zero-order chi connectivity index (χ0) is 21.7. The number of aromatic carboxylic acids is 1. The third kappa shape index (κ3) is 5.01. The highest BCUT2D eigenvalue weighted by atomic mass is 35.5. The summed E-state index contributed by atoms with van der Waals surface area (Å²) in [4.78, 5) is 39.6. The number of carbonyl (C=O) groups excluding carboxylic acids is 2. The van der Waals surface area contributed by atoms with E-state index < -0.39 is 5.97 Å². The van der Waals surface area contributed by atoms with Crippen molar-refractivity contribution < 1.29 is 24.2 Å². The van der Waals surface area contributed by atoms with Gasteiger partial charge in [0, 0.05) is 36.8 Å². The van der Waals surface area contributed by atoms with Crippen LogP contribution in [0.2, 0.25) is 5.02 Å². The van der Waals surface area contributed by atoms with Crippen LogP contribution in [0.25, 0.3) is 0 Å². The maximum Gasteiger partial charge on any atom is 0.409 e. The first-order chi connectivity index (χ1) is 14.4. The number of nitrogens with one attached hydrogen (secondary N) is 1. The zero-order valence-electron chi connectivity index (χ0n) is 16.4. The molecule has 30 heavy (non-hydrogen) atoms. The fourth-order valence-electron chi connectivity index (χ4n) is 3.19. The van der Waals surface area contributed by atoms with Crippen LogP contribution in [-0.4, -0.2) is 60.8 Å². The van der Waals surface area contributed by atoms with Crippen LogP contribution < -0.4 is 10.2 Å². The van der Waals surface area contributed by atoms with Crippen molar-refractivity contribution in [1.82, 2.24) is 4.90 Å². The highest BCUT2D eigenvalue weighted by Gasteiger charge is 2.24. The fourth-order valence-corrected chi connectivity index (χ4v) is 3.31. The van der Waals surface area contributed by atoms with Crippen molar-refractivity contribution in [1.29, 1.82) is 0 Å². The summed E-state index contributed by atoms with van der Waals surface area (Å²) in [6.07, 6.45) is -0.352. The number of anilines is 2. The molecule has 1 fully saturated rings. The number of hydrogen-bond acceptors (Lipinski definition) is 5. The minimum absolute atomic E-state index is 0.0651. The van der Waals surface area contributed by atoms with Crippen LogP contribution in [-0.2, 0) is 4.74 Å². The number of halogens is 1. The van der Waals surface area contributed by atoms with E-state index in [4.69, 9.17) is 16.3 Å². The molecule has 2 aromatic rings. The average Bonchev–Trinajstić information content (AvgIpc) is 2.74. The van der Waals surface area contributed by atoms with E-state index in [0.29, 0.717) is 54.7 Å². The number of amides is 2. The molecule has 0 unspecified atom stereocenters. The van der Waals surface area contributed by atoms with Crippen LogP contribution in [0.4, 0.5) is 16.2 Å². The number of piperazine rings is 1. The van der Waals surface area contributed by atoms with Crippen LogP contribution in [0.3, 0.4) is 0 Å². The number of benzene rings is 2. The van der Waals surface area contributed by atoms with E-state index in [2.05, 4.69) is 5.32 Å². The van der Waals surface area contributed by atoms with Gasteiger partial charge >= 0.3 is 12.1 Å². The largest absolute Gasteiger partial charge is 0.478 e. The van der Waals surface area contributed by atoms with Gasteiger partial charge < -0.3 is 25.0 Å². The zero-order valence-corrected chi connectivity index (χ0v) is 17.2. The second kappa shape index (κ2) is 9.49. The molecule has 1 aliphatic rings. The molecule has 1 saturated heterocycles. The van der Waals surface area contributed by atoms with Gasteiger partial charge in [-0.05, 0) is 49.4 Å². The summed E-state index contributed by atoms with van der Waals surface area (Å²) in [6.45, 7) is 4.04. The molecule has 8 nitrogen and oxygen atoms in total. The normalized spacial score (nSPS) is 13.7. The van der Waals surface area contributed by atoms with Gasteiger partial charge in [-0.2, -0.15) is 0 Å². The molecule has 1 heterocycles. The first kappa shape index (κ1) is 21.4. The maximum atomic E-state index is 12.7. The third-order valence-electron chi connectivity index (χ3n) is 4.74. The number of ether oxygens (including phenoxy) is 1. The third-order valence-corrected chi connectivity index (χ3v) is 5.00. The van der Waals surface area contributed by atoms with Gasteiger partial charge in [0.05, 0.1) is 23.5 Å². The van der Waals surface area contributed by atoms with E-state index in [1.54, 1.807) is 42.2 Å². The average molecular weight is 432 g/mol. The van der Waals surface area contributed by atoms with Gasteiger partial charge in [-0.25, -0.2) is 9.59 Å². The Kier molecular flexibility index (Phi) is 6.79. The van der Waals surface area contributed by atoms with Gasteiger partial charge in [-0.15, -0.1) is 0 Å². The van der Waals surface area contributed by atoms with Gasteiger partial charge in [0.1, 0.15) is 0 Å². The molecule has 0 saturated carbocycles. The summed E-state index contributed by atoms with van der Waals surface area (Å²) in [7, 11) is 0. The topological polar surface area (TPSA) is 99.2 Å². The van der Waals surface area contributed by atoms with Crippen molar-refractivity contribution in [3.05, 3.63) is 58.6 Å². The van der Waals surface area contributed by atoms with Gasteiger partial charge in [0.2, 0.25) is 0 Å². The lowest BCUT2D eigenvalue weighted by molar-refractivity contribution is 0.0696. The fraction of sp³-hybridized carbons (Fsp3) is 0.286. The quantitative estimate of drug-likeness (QED) is 0.750. The summed E-state index contributed by atoms with van der Waals surface area (Å²) in [5.41, 5.74) is 1.54. The van der Waals surface area contributed by atoms with Crippen LogP contribution in [0, 0.1) is 0 Å². The summed E-state index contributed by atoms with van der Waals surface area (Å²) in [5.74, 6) is -1.46. The summed E-state index contributed by atoms with van der Waals surface area (Å²) in [6, 6.07) is 11.0. The number of carbonyl (C=O) groups is 3. The molecule has 2 aromatic carbocycles. The number of rotatable bonds is 5. The van der Waals surface area contributed by atoms with Crippen molar-refractivity contribution in [2.24, 2.45) is 0 Å². The van der Waals surface area contributed by atoms with E-state index in [9.17, 15) is 19.5 Å². The molecule has 158 valence electrons. The minimum atomic E-state index is -1.09. The Labute approximate surface area is 179 Å². The molecular formula is C21H22ClN3O5. The lowest BCUT2D eigenvalue weighted by atomic mass is 10.1. The SMILES string of the molecule is CCOC(=O)N1CCN(c2ccc(C(=O)O)cc2NC(=O)c2ccc(Cl)cc2)CC1. The van der Waals surface area contributed by atoms with Crippen LogP contribution in [0.5, 0.6) is 0 Å². The van der Waals surface area contributed by atoms with Crippen molar-refractivity contribution in [2.75, 3.05) is 43.0 Å². The second-order valence-electron chi connectivity index (χ2n) is 6.67. The summed E-state index contributed by atoms with van der Waals surface area (Å²) in [5, 5.41) is 12.7. The predicted octanol–water partition coefficient (Wildman–Crippen LogP) is 3.57. The van der Waals surface area contributed by atoms with Crippen molar-refractivity contribution in [3.63, 3.8) is 0 Å². The molecule has 0 radical (unpaired) electrons. The standard InChI is InChI=1S/C21H22ClN3O5/c1-2-30-21(29)25-11-9-24(10-12-25)18-8-5-15(20(27)28)13-17(18)23-19(26)14-3-6-16(22)7-4-14/h3-8,13H,2,9-12H2,1H3,(H,23,26)(H,27,28). The van der Waals surface area contributed by atoms with Crippen molar-refractivity contribution in [3.8, 4) is 0 Å². The Bertz CT molecular complexity index is 940. The lowest BCUT2D eigenvalue weighted by Crippen LogP contribution is -2.49. The van der Waals surface area contributed by atoms with E-state index in [1.807, 2.05) is 4.90 Å². The van der Waals surface area contributed by atoms with E-state index in [1.165, 1.54) is 12.1 Å². The Morgan fingerprint density at radius 3 is 2.27 bits per heavy atom. The monoisotopic (exact) mass is 431 g/mol. The molecule has 9 heteroatoms. The van der Waals surface area contributed by atoms with E-state index in [-0.39, 0.29) is 17.6 Å². The van der Waals surface area contributed by atoms with E-state index >= 15 is 0 Å². The van der Waals surface area contributed by atoms with Gasteiger partial charge in [0.15, 0.2) is 0 Å². The lowest BCUT2D eigenvalue weighted by Gasteiger charge is -2.36. The molecule has 3 rings (SSSR count). The predicted molar refractivity (Wildman–Crippen MR) is 114 cm³/mol. The van der Waals surface area contributed by atoms with Crippen LogP contribution in [0.15, 0.2) is 42.5 Å². The first-order valence-electron chi connectivity index (χ1n) is 9.50. The smallest absolute Gasteiger partial charge is 0.409 e. The molecule has 0 bridgehead atoms. The number of carboxylic acid groups (broad SMARTS) is 1. The summed E-state index contributed by atoms with van der Waals surface area (Å²) >= 11 is 5.87. The van der Waals surface area contributed by atoms with Gasteiger partial charge in [-0.3, -0.25) is 4.79 Å². The first-order valence-corrected chi connectivity index (χ1v) is 9.87. The Balaban J connectivity index is 1.81. The molecule has 0 aromatic heterocycles. The molecule has 0 atom stereocenters. The maximum absolute atomic E-state index is 12.7. The van der Waals surface area contributed by atoms with E-state index in [0.717, 1.165) is 0 Å². The van der Waals surface area contributed by atoms with Gasteiger partial charge in [0.25, 0.3) is 5.91 Å². The molecule has 0 aliphatic carbocycles. The summed E-state index contributed by atoms with van der Waals surface area (Å²) < 4.78 is 5.03. The van der Waals surface area contributed by atoms with Gasteiger partial charge in [-0.1, -0.05) is 11.6 Å². The Hall–Kier alpha value is -3.26. The van der Waals surface area contributed by atoms with Crippen LogP contribution >= 0.6 is 11.6 Å².